The van der Waals surface area contributed by atoms with E-state index in [-0.39, 0.29) is 6.54 Å². The van der Waals surface area contributed by atoms with E-state index < -0.39 is 12.0 Å². The Morgan fingerprint density at radius 2 is 2.32 bits per heavy atom. The van der Waals surface area contributed by atoms with Gasteiger partial charge in [0.2, 0.25) is 0 Å². The number of hydrogen-bond acceptors (Lipinski definition) is 4. The molecule has 0 aromatic carbocycles. The van der Waals surface area contributed by atoms with Crippen LogP contribution in [0.2, 0.25) is 0 Å². The predicted molar refractivity (Wildman–Crippen MR) is 68.0 cm³/mol. The number of aliphatic carboxylic acids is 1. The summed E-state index contributed by atoms with van der Waals surface area (Å²) in [5.41, 5.74) is 0.518. The van der Waals surface area contributed by atoms with E-state index in [4.69, 9.17) is 9.84 Å². The molecule has 0 saturated carbocycles. The van der Waals surface area contributed by atoms with Crippen molar-refractivity contribution < 1.29 is 19.4 Å². The van der Waals surface area contributed by atoms with Crippen molar-refractivity contribution >= 4 is 17.7 Å². The molecule has 0 unspecified atom stereocenters. The predicted octanol–water partition coefficient (Wildman–Crippen LogP) is 0.468. The number of anilines is 1. The van der Waals surface area contributed by atoms with Gasteiger partial charge in [-0.05, 0) is 6.92 Å². The van der Waals surface area contributed by atoms with Crippen molar-refractivity contribution in [1.82, 2.24) is 14.7 Å². The van der Waals surface area contributed by atoms with Crippen LogP contribution in [0.5, 0.6) is 0 Å². The SMILES string of the molecule is CCN(CC(=O)O)C(=O)Nc1cnn(CCOC)c1. The molecule has 0 aliphatic carbocycles. The van der Waals surface area contributed by atoms with Crippen molar-refractivity contribution in [3.05, 3.63) is 12.4 Å². The number of carbonyl (C=O) groups excluding carboxylic acids is 1. The first-order chi connectivity index (χ1) is 9.06. The monoisotopic (exact) mass is 270 g/mol. The highest BCUT2D eigenvalue weighted by Crippen LogP contribution is 2.06. The fourth-order valence-electron chi connectivity index (χ4n) is 1.43. The third-order valence-electron chi connectivity index (χ3n) is 2.40. The van der Waals surface area contributed by atoms with E-state index in [2.05, 4.69) is 10.4 Å². The van der Waals surface area contributed by atoms with Crippen molar-refractivity contribution in [2.24, 2.45) is 0 Å². The summed E-state index contributed by atoms with van der Waals surface area (Å²) >= 11 is 0. The van der Waals surface area contributed by atoms with Gasteiger partial charge in [-0.2, -0.15) is 5.10 Å². The van der Waals surface area contributed by atoms with Gasteiger partial charge in [0.1, 0.15) is 6.54 Å². The lowest BCUT2D eigenvalue weighted by molar-refractivity contribution is -0.137. The van der Waals surface area contributed by atoms with Gasteiger partial charge in [0, 0.05) is 19.9 Å². The van der Waals surface area contributed by atoms with Gasteiger partial charge in [-0.1, -0.05) is 0 Å². The van der Waals surface area contributed by atoms with Crippen molar-refractivity contribution in [2.75, 3.05) is 32.1 Å². The van der Waals surface area contributed by atoms with E-state index >= 15 is 0 Å². The number of carboxylic acids is 1. The van der Waals surface area contributed by atoms with E-state index in [1.165, 1.54) is 11.1 Å². The standard InChI is InChI=1S/C11H18N4O4/c1-3-14(8-10(16)17)11(18)13-9-6-12-15(7-9)4-5-19-2/h6-7H,3-5,8H2,1-2H3,(H,13,18)(H,16,17). The van der Waals surface area contributed by atoms with Crippen LogP contribution in [-0.4, -0.2) is 58.6 Å². The number of amides is 2. The highest BCUT2D eigenvalue weighted by molar-refractivity contribution is 5.91. The van der Waals surface area contributed by atoms with Crippen LogP contribution < -0.4 is 5.32 Å². The molecule has 2 amide bonds. The largest absolute Gasteiger partial charge is 0.480 e. The Morgan fingerprint density at radius 1 is 1.58 bits per heavy atom. The fourth-order valence-corrected chi connectivity index (χ4v) is 1.43. The molecule has 0 aliphatic rings. The number of carbonyl (C=O) groups is 2. The molecule has 1 aromatic heterocycles. The van der Waals surface area contributed by atoms with Gasteiger partial charge in [0.05, 0.1) is 25.0 Å². The molecule has 0 spiro atoms. The van der Waals surface area contributed by atoms with Crippen molar-refractivity contribution in [1.29, 1.82) is 0 Å². The summed E-state index contributed by atoms with van der Waals surface area (Å²) in [4.78, 5) is 23.6. The lowest BCUT2D eigenvalue weighted by Crippen LogP contribution is -2.38. The quantitative estimate of drug-likeness (QED) is 0.750. The summed E-state index contributed by atoms with van der Waals surface area (Å²) in [6, 6.07) is -0.462. The molecular weight excluding hydrogens is 252 g/mol. The molecule has 106 valence electrons. The van der Waals surface area contributed by atoms with Gasteiger partial charge in [-0.25, -0.2) is 4.79 Å². The lowest BCUT2D eigenvalue weighted by Gasteiger charge is -2.18. The Hall–Kier alpha value is -2.09. The van der Waals surface area contributed by atoms with Crippen LogP contribution in [0.15, 0.2) is 12.4 Å². The maximum Gasteiger partial charge on any atom is 0.323 e. The van der Waals surface area contributed by atoms with Crippen LogP contribution in [0.25, 0.3) is 0 Å². The van der Waals surface area contributed by atoms with Gasteiger partial charge in [0.25, 0.3) is 0 Å². The highest BCUT2D eigenvalue weighted by atomic mass is 16.5. The molecule has 0 saturated heterocycles. The molecule has 19 heavy (non-hydrogen) atoms. The van der Waals surface area contributed by atoms with Crippen molar-refractivity contribution in [3.8, 4) is 0 Å². The second-order valence-corrected chi connectivity index (χ2v) is 3.82. The summed E-state index contributed by atoms with van der Waals surface area (Å²) < 4.78 is 6.55. The van der Waals surface area contributed by atoms with Gasteiger partial charge >= 0.3 is 12.0 Å². The maximum atomic E-state index is 11.8. The van der Waals surface area contributed by atoms with Crippen molar-refractivity contribution in [3.63, 3.8) is 0 Å². The summed E-state index contributed by atoms with van der Waals surface area (Å²) in [5, 5.41) is 15.3. The zero-order chi connectivity index (χ0) is 14.3. The van der Waals surface area contributed by atoms with Crippen LogP contribution in [-0.2, 0) is 16.1 Å². The van der Waals surface area contributed by atoms with E-state index in [1.54, 1.807) is 24.9 Å². The van der Waals surface area contributed by atoms with Gasteiger partial charge in [-0.15, -0.1) is 0 Å². The topological polar surface area (TPSA) is 96.7 Å². The average Bonchev–Trinajstić information content (AvgIpc) is 2.80. The third kappa shape index (κ3) is 4.96. The van der Waals surface area contributed by atoms with Crippen LogP contribution in [0.1, 0.15) is 6.92 Å². The third-order valence-corrected chi connectivity index (χ3v) is 2.40. The average molecular weight is 270 g/mol. The lowest BCUT2D eigenvalue weighted by atomic mass is 10.5. The Bertz CT molecular complexity index is 432. The summed E-state index contributed by atoms with van der Waals surface area (Å²) in [6.45, 7) is 2.80. The first kappa shape index (κ1) is 15.0. The Morgan fingerprint density at radius 3 is 2.89 bits per heavy atom. The second-order valence-electron chi connectivity index (χ2n) is 3.82. The number of carboxylic acid groups (broad SMARTS) is 1. The molecule has 0 aliphatic heterocycles. The van der Waals surface area contributed by atoms with Crippen molar-refractivity contribution in [2.45, 2.75) is 13.5 Å². The molecule has 0 atom stereocenters. The molecule has 8 heteroatoms. The number of likely N-dealkylation sites (N-methyl/N-ethyl adjacent to an activating group) is 1. The van der Waals surface area contributed by atoms with E-state index in [1.807, 2.05) is 0 Å². The number of aromatic nitrogens is 2. The number of methoxy groups -OCH3 is 1. The number of urea groups is 1. The molecule has 1 rings (SSSR count). The molecule has 0 fully saturated rings. The highest BCUT2D eigenvalue weighted by Gasteiger charge is 2.15. The summed E-state index contributed by atoms with van der Waals surface area (Å²) in [5.74, 6) is -1.05. The number of rotatable bonds is 7. The Balaban J connectivity index is 2.55. The minimum absolute atomic E-state index is 0.315. The molecular formula is C11H18N4O4. The molecule has 0 bridgehead atoms. The summed E-state index contributed by atoms with van der Waals surface area (Å²) in [7, 11) is 1.59. The van der Waals surface area contributed by atoms with Crippen LogP contribution in [0, 0.1) is 0 Å². The number of nitrogens with zero attached hydrogens (tertiary/aromatic N) is 3. The van der Waals surface area contributed by atoms with Crippen LogP contribution >= 0.6 is 0 Å². The van der Waals surface area contributed by atoms with Crippen LogP contribution in [0.4, 0.5) is 10.5 Å². The first-order valence-corrected chi connectivity index (χ1v) is 5.86. The zero-order valence-corrected chi connectivity index (χ0v) is 11.0. The zero-order valence-electron chi connectivity index (χ0n) is 11.0. The minimum atomic E-state index is -1.05. The second kappa shape index (κ2) is 7.37. The number of nitrogens with one attached hydrogen (secondary N) is 1. The van der Waals surface area contributed by atoms with Crippen LogP contribution in [0.3, 0.4) is 0 Å². The van der Waals surface area contributed by atoms with E-state index in [0.717, 1.165) is 0 Å². The van der Waals surface area contributed by atoms with Gasteiger partial charge in [-0.3, -0.25) is 9.48 Å². The normalized spacial score (nSPS) is 10.2. The number of ether oxygens (including phenoxy) is 1. The smallest absolute Gasteiger partial charge is 0.323 e. The van der Waals surface area contributed by atoms with Gasteiger partial charge < -0.3 is 20.1 Å². The fraction of sp³-hybridized carbons (Fsp3) is 0.545. The van der Waals surface area contributed by atoms with E-state index in [9.17, 15) is 9.59 Å². The molecule has 8 nitrogen and oxygen atoms in total. The molecule has 1 heterocycles. The molecule has 1 aromatic rings. The summed E-state index contributed by atoms with van der Waals surface area (Å²) in [6.07, 6.45) is 3.16. The Kier molecular flexibility index (Phi) is 5.80. The van der Waals surface area contributed by atoms with E-state index in [0.29, 0.717) is 25.4 Å². The first-order valence-electron chi connectivity index (χ1n) is 5.86. The Labute approximate surface area is 110 Å². The van der Waals surface area contributed by atoms with Gasteiger partial charge in [0.15, 0.2) is 0 Å². The minimum Gasteiger partial charge on any atom is -0.480 e. The molecule has 0 radical (unpaired) electrons. The number of hydrogen-bond donors (Lipinski definition) is 2. The molecule has 2 N–H and O–H groups in total. The maximum absolute atomic E-state index is 11.8.